The van der Waals surface area contributed by atoms with Crippen LogP contribution >= 0.6 is 11.6 Å². The van der Waals surface area contributed by atoms with Gasteiger partial charge in [-0.15, -0.1) is 0 Å². The Morgan fingerprint density at radius 2 is 2.18 bits per heavy atom. The molecule has 5 nitrogen and oxygen atoms in total. The van der Waals surface area contributed by atoms with Crippen molar-refractivity contribution in [2.75, 3.05) is 37.7 Å². The second-order valence-electron chi connectivity index (χ2n) is 5.87. The average molecular weight is 324 g/mol. The molecule has 0 spiro atoms. The third-order valence-corrected chi connectivity index (χ3v) is 4.72. The van der Waals surface area contributed by atoms with Gasteiger partial charge in [-0.1, -0.05) is 11.6 Å². The van der Waals surface area contributed by atoms with Crippen LogP contribution in [0.4, 0.5) is 5.69 Å². The van der Waals surface area contributed by atoms with Crippen molar-refractivity contribution in [2.45, 2.75) is 31.8 Å². The first kappa shape index (κ1) is 15.6. The lowest BCUT2D eigenvalue weighted by Gasteiger charge is -2.36. The number of carbonyl (C=O) groups excluding carboxylic acids is 1. The molecule has 0 N–H and O–H groups in total. The van der Waals surface area contributed by atoms with Crippen LogP contribution in [0.25, 0.3) is 0 Å². The van der Waals surface area contributed by atoms with Gasteiger partial charge in [-0.05, 0) is 25.3 Å². The van der Waals surface area contributed by atoms with E-state index >= 15 is 0 Å². The molecule has 0 aromatic carbocycles. The largest absolute Gasteiger partial charge is 0.378 e. The van der Waals surface area contributed by atoms with Gasteiger partial charge < -0.3 is 14.5 Å². The molecular formula is C16H22ClN3O2. The molecule has 0 saturated carbocycles. The molecular weight excluding hydrogens is 302 g/mol. The van der Waals surface area contributed by atoms with Crippen molar-refractivity contribution in [2.24, 2.45) is 0 Å². The number of hydrogen-bond donors (Lipinski definition) is 0. The molecule has 2 aliphatic heterocycles. The molecule has 6 heteroatoms. The first-order valence-electron chi connectivity index (χ1n) is 7.98. The van der Waals surface area contributed by atoms with Crippen LogP contribution in [0.3, 0.4) is 0 Å². The Morgan fingerprint density at radius 1 is 1.36 bits per heavy atom. The Hall–Kier alpha value is -1.33. The van der Waals surface area contributed by atoms with Gasteiger partial charge >= 0.3 is 0 Å². The highest BCUT2D eigenvalue weighted by Gasteiger charge is 2.24. The SMILES string of the molecule is O=C(CCC1CCCO1)N1CCN(c2ccncc2Cl)CC1. The molecule has 0 aliphatic carbocycles. The van der Waals surface area contributed by atoms with Gasteiger partial charge in [-0.3, -0.25) is 9.78 Å². The predicted octanol–water partition coefficient (Wildman–Crippen LogP) is 2.34. The van der Waals surface area contributed by atoms with Crippen molar-refractivity contribution in [3.63, 3.8) is 0 Å². The standard InChI is InChI=1S/C16H22ClN3O2/c17-14-12-18-6-5-15(14)19-7-9-20(10-8-19)16(21)4-3-13-2-1-11-22-13/h5-6,12-13H,1-4,7-11H2. The van der Waals surface area contributed by atoms with Gasteiger partial charge in [0.1, 0.15) is 0 Å². The van der Waals surface area contributed by atoms with Crippen LogP contribution in [-0.4, -0.2) is 54.7 Å². The van der Waals surface area contributed by atoms with Gasteiger partial charge in [0.25, 0.3) is 0 Å². The molecule has 3 rings (SSSR count). The lowest BCUT2D eigenvalue weighted by Crippen LogP contribution is -2.49. The number of halogens is 1. The third kappa shape index (κ3) is 3.70. The minimum Gasteiger partial charge on any atom is -0.378 e. The zero-order chi connectivity index (χ0) is 15.4. The Labute approximate surface area is 136 Å². The number of nitrogens with zero attached hydrogens (tertiary/aromatic N) is 3. The zero-order valence-corrected chi connectivity index (χ0v) is 13.5. The van der Waals surface area contributed by atoms with Crippen LogP contribution in [0.15, 0.2) is 18.5 Å². The van der Waals surface area contributed by atoms with Crippen molar-refractivity contribution < 1.29 is 9.53 Å². The lowest BCUT2D eigenvalue weighted by molar-refractivity contribution is -0.132. The fourth-order valence-electron chi connectivity index (χ4n) is 3.14. The molecule has 2 fully saturated rings. The van der Waals surface area contributed by atoms with Gasteiger partial charge in [0.2, 0.25) is 5.91 Å². The Kier molecular flexibility index (Phi) is 5.16. The van der Waals surface area contributed by atoms with Crippen LogP contribution < -0.4 is 4.90 Å². The highest BCUT2D eigenvalue weighted by Crippen LogP contribution is 2.25. The van der Waals surface area contributed by atoms with Crippen molar-refractivity contribution in [3.05, 3.63) is 23.5 Å². The van der Waals surface area contributed by atoms with Crippen molar-refractivity contribution in [1.82, 2.24) is 9.88 Å². The molecule has 2 aliphatic rings. The van der Waals surface area contributed by atoms with Crippen molar-refractivity contribution in [3.8, 4) is 0 Å². The van der Waals surface area contributed by atoms with Crippen LogP contribution in [0.2, 0.25) is 5.02 Å². The summed E-state index contributed by atoms with van der Waals surface area (Å²) in [6.07, 6.45) is 7.39. The number of aromatic nitrogens is 1. The van der Waals surface area contributed by atoms with E-state index in [9.17, 15) is 4.79 Å². The second kappa shape index (κ2) is 7.29. The van der Waals surface area contributed by atoms with Crippen molar-refractivity contribution in [1.29, 1.82) is 0 Å². The van der Waals surface area contributed by atoms with Crippen LogP contribution in [0.1, 0.15) is 25.7 Å². The summed E-state index contributed by atoms with van der Waals surface area (Å²) >= 11 is 6.18. The van der Waals surface area contributed by atoms with E-state index in [1.165, 1.54) is 0 Å². The minimum atomic E-state index is 0.246. The van der Waals surface area contributed by atoms with Gasteiger partial charge in [0, 0.05) is 51.6 Å². The van der Waals surface area contributed by atoms with E-state index in [1.54, 1.807) is 12.4 Å². The number of rotatable bonds is 4. The highest BCUT2D eigenvalue weighted by molar-refractivity contribution is 6.33. The first-order chi connectivity index (χ1) is 10.7. The lowest BCUT2D eigenvalue weighted by atomic mass is 10.1. The van der Waals surface area contributed by atoms with Gasteiger partial charge in [0.15, 0.2) is 0 Å². The average Bonchev–Trinajstić information content (AvgIpc) is 3.07. The maximum absolute atomic E-state index is 12.3. The molecule has 1 aromatic heterocycles. The molecule has 22 heavy (non-hydrogen) atoms. The minimum absolute atomic E-state index is 0.246. The number of carbonyl (C=O) groups is 1. The van der Waals surface area contributed by atoms with Gasteiger partial charge in [-0.25, -0.2) is 0 Å². The van der Waals surface area contributed by atoms with E-state index in [1.807, 2.05) is 11.0 Å². The maximum Gasteiger partial charge on any atom is 0.222 e. The summed E-state index contributed by atoms with van der Waals surface area (Å²) < 4.78 is 5.58. The number of piperazine rings is 1. The first-order valence-corrected chi connectivity index (χ1v) is 8.35. The van der Waals surface area contributed by atoms with E-state index in [4.69, 9.17) is 16.3 Å². The molecule has 1 amide bonds. The number of hydrogen-bond acceptors (Lipinski definition) is 4. The Bertz CT molecular complexity index is 512. The molecule has 0 bridgehead atoms. The molecule has 0 radical (unpaired) electrons. The maximum atomic E-state index is 12.3. The monoisotopic (exact) mass is 323 g/mol. The van der Waals surface area contributed by atoms with Crippen LogP contribution in [0.5, 0.6) is 0 Å². The fourth-order valence-corrected chi connectivity index (χ4v) is 3.37. The smallest absolute Gasteiger partial charge is 0.222 e. The van der Waals surface area contributed by atoms with Crippen LogP contribution in [0, 0.1) is 0 Å². The number of ether oxygens (including phenoxy) is 1. The third-order valence-electron chi connectivity index (χ3n) is 4.43. The van der Waals surface area contributed by atoms with Crippen molar-refractivity contribution >= 4 is 23.2 Å². The van der Waals surface area contributed by atoms with E-state index < -0.39 is 0 Å². The summed E-state index contributed by atoms with van der Waals surface area (Å²) in [4.78, 5) is 20.5. The highest BCUT2D eigenvalue weighted by atomic mass is 35.5. The summed E-state index contributed by atoms with van der Waals surface area (Å²) in [7, 11) is 0. The molecule has 1 unspecified atom stereocenters. The molecule has 3 heterocycles. The second-order valence-corrected chi connectivity index (χ2v) is 6.28. The van der Waals surface area contributed by atoms with Gasteiger partial charge in [0.05, 0.1) is 16.8 Å². The Balaban J connectivity index is 1.46. The topological polar surface area (TPSA) is 45.7 Å². The molecule has 1 aromatic rings. The summed E-state index contributed by atoms with van der Waals surface area (Å²) in [5, 5.41) is 0.667. The predicted molar refractivity (Wildman–Crippen MR) is 86.2 cm³/mol. The number of amides is 1. The summed E-state index contributed by atoms with van der Waals surface area (Å²) in [5.74, 6) is 0.246. The summed E-state index contributed by atoms with van der Waals surface area (Å²) in [6, 6.07) is 1.93. The van der Waals surface area contributed by atoms with E-state index in [2.05, 4.69) is 9.88 Å². The van der Waals surface area contributed by atoms with Crippen LogP contribution in [-0.2, 0) is 9.53 Å². The Morgan fingerprint density at radius 3 is 2.86 bits per heavy atom. The molecule has 2 saturated heterocycles. The van der Waals surface area contributed by atoms with E-state index in [-0.39, 0.29) is 5.91 Å². The van der Waals surface area contributed by atoms with E-state index in [0.717, 1.165) is 57.7 Å². The quantitative estimate of drug-likeness (QED) is 0.853. The number of pyridine rings is 1. The van der Waals surface area contributed by atoms with Gasteiger partial charge in [-0.2, -0.15) is 0 Å². The summed E-state index contributed by atoms with van der Waals surface area (Å²) in [5.41, 5.74) is 1.00. The summed E-state index contributed by atoms with van der Waals surface area (Å²) in [6.45, 7) is 3.99. The zero-order valence-electron chi connectivity index (χ0n) is 12.7. The number of anilines is 1. The normalized spacial score (nSPS) is 22.1. The van der Waals surface area contributed by atoms with E-state index in [0.29, 0.717) is 17.5 Å². The molecule has 120 valence electrons. The molecule has 1 atom stereocenters. The fraction of sp³-hybridized carbons (Fsp3) is 0.625.